The van der Waals surface area contributed by atoms with Gasteiger partial charge in [0.1, 0.15) is 12.4 Å². The molecule has 0 saturated carbocycles. The minimum atomic E-state index is -4.95. The number of ether oxygens (including phenoxy) is 2. The van der Waals surface area contributed by atoms with Crippen molar-refractivity contribution in [2.24, 2.45) is 7.05 Å². The van der Waals surface area contributed by atoms with Crippen LogP contribution in [-0.4, -0.2) is 72.9 Å². The molecule has 3 aromatic rings. The van der Waals surface area contributed by atoms with Crippen LogP contribution in [0.4, 0.5) is 28.9 Å². The van der Waals surface area contributed by atoms with Gasteiger partial charge in [0.25, 0.3) is 11.5 Å². The van der Waals surface area contributed by atoms with E-state index in [4.69, 9.17) is 9.47 Å². The molecule has 226 valence electrons. The van der Waals surface area contributed by atoms with Crippen LogP contribution in [0.1, 0.15) is 29.8 Å². The summed E-state index contributed by atoms with van der Waals surface area (Å²) in [6, 6.07) is 6.34. The molecule has 0 bridgehead atoms. The molecule has 1 saturated heterocycles. The highest BCUT2D eigenvalue weighted by Gasteiger charge is 2.37. The molecule has 42 heavy (non-hydrogen) atoms. The number of amides is 1. The molecular formula is C29H33F4N5O4. The second kappa shape index (κ2) is 12.5. The van der Waals surface area contributed by atoms with Gasteiger partial charge in [-0.1, -0.05) is 0 Å². The van der Waals surface area contributed by atoms with E-state index in [2.05, 4.69) is 15.2 Å². The fourth-order valence-corrected chi connectivity index (χ4v) is 4.84. The van der Waals surface area contributed by atoms with Gasteiger partial charge in [0.2, 0.25) is 5.88 Å². The van der Waals surface area contributed by atoms with Crippen LogP contribution in [0.3, 0.4) is 0 Å². The number of carbonyl (C=O) groups excluding carboxylic acids is 1. The van der Waals surface area contributed by atoms with Crippen molar-refractivity contribution in [3.63, 3.8) is 0 Å². The Bertz CT molecular complexity index is 1480. The van der Waals surface area contributed by atoms with Crippen molar-refractivity contribution in [2.45, 2.75) is 32.1 Å². The van der Waals surface area contributed by atoms with Gasteiger partial charge in [0.05, 0.1) is 29.1 Å². The molecule has 0 radical (unpaired) electrons. The molecule has 1 fully saturated rings. The largest absolute Gasteiger partial charge is 0.475 e. The quantitative estimate of drug-likeness (QED) is 0.307. The number of anilines is 2. The highest BCUT2D eigenvalue weighted by molar-refractivity contribution is 6.07. The number of rotatable bonds is 8. The number of benzene rings is 1. The SMILES string of the molecule is COCCOc1ccc(-c2cc(NC(=O)c3cn(C)c(=O)cc3C(F)(F)F)c(N3CC(C)N(C)C(C)C3)cc2F)cn1. The first-order valence-electron chi connectivity index (χ1n) is 13.3. The Morgan fingerprint density at radius 1 is 1.10 bits per heavy atom. The van der Waals surface area contributed by atoms with Crippen molar-refractivity contribution < 1.29 is 31.8 Å². The first kappa shape index (κ1) is 31.0. The highest BCUT2D eigenvalue weighted by atomic mass is 19.4. The predicted octanol–water partition coefficient (Wildman–Crippen LogP) is 4.41. The number of halogens is 4. The van der Waals surface area contributed by atoms with Gasteiger partial charge in [-0.25, -0.2) is 9.37 Å². The molecule has 2 aromatic heterocycles. The van der Waals surface area contributed by atoms with E-state index < -0.39 is 34.6 Å². The Kier molecular flexibility index (Phi) is 9.21. The highest BCUT2D eigenvalue weighted by Crippen LogP contribution is 2.37. The third kappa shape index (κ3) is 6.73. The first-order valence-corrected chi connectivity index (χ1v) is 13.3. The molecule has 1 amide bonds. The normalized spacial score (nSPS) is 17.8. The molecule has 1 N–H and O–H groups in total. The number of pyridine rings is 2. The van der Waals surface area contributed by atoms with E-state index in [0.29, 0.717) is 42.9 Å². The average Bonchev–Trinajstić information content (AvgIpc) is 2.93. The Balaban J connectivity index is 1.78. The van der Waals surface area contributed by atoms with Gasteiger partial charge in [-0.2, -0.15) is 13.2 Å². The number of methoxy groups -OCH3 is 1. The van der Waals surface area contributed by atoms with E-state index in [1.54, 1.807) is 12.1 Å². The number of aryl methyl sites for hydroxylation is 1. The maximum absolute atomic E-state index is 15.7. The molecule has 13 heteroatoms. The fraction of sp³-hybridized carbons (Fsp3) is 0.414. The molecule has 0 aliphatic carbocycles. The van der Waals surface area contributed by atoms with Gasteiger partial charge >= 0.3 is 6.18 Å². The first-order chi connectivity index (χ1) is 19.8. The van der Waals surface area contributed by atoms with Gasteiger partial charge in [-0.15, -0.1) is 0 Å². The lowest BCUT2D eigenvalue weighted by molar-refractivity contribution is -0.138. The lowest BCUT2D eigenvalue weighted by atomic mass is 10.0. The summed E-state index contributed by atoms with van der Waals surface area (Å²) in [7, 11) is 4.77. The zero-order valence-electron chi connectivity index (χ0n) is 24.0. The van der Waals surface area contributed by atoms with E-state index in [9.17, 15) is 22.8 Å². The number of nitrogens with zero attached hydrogens (tertiary/aromatic N) is 4. The van der Waals surface area contributed by atoms with E-state index in [1.807, 2.05) is 25.8 Å². The van der Waals surface area contributed by atoms with Crippen LogP contribution < -0.4 is 20.5 Å². The van der Waals surface area contributed by atoms with Gasteiger partial charge in [0, 0.05) is 75.0 Å². The second-order valence-electron chi connectivity index (χ2n) is 10.3. The summed E-state index contributed by atoms with van der Waals surface area (Å²) < 4.78 is 68.4. The Hall–Kier alpha value is -3.97. The third-order valence-electron chi connectivity index (χ3n) is 7.40. The number of carbonyl (C=O) groups is 1. The van der Waals surface area contributed by atoms with E-state index >= 15 is 4.39 Å². The minimum absolute atomic E-state index is 0.0790. The van der Waals surface area contributed by atoms with Crippen molar-refractivity contribution >= 4 is 17.3 Å². The number of hydrogen-bond acceptors (Lipinski definition) is 7. The summed E-state index contributed by atoms with van der Waals surface area (Å²) in [4.78, 5) is 33.6. The van der Waals surface area contributed by atoms with Crippen molar-refractivity contribution in [3.05, 3.63) is 70.0 Å². The third-order valence-corrected chi connectivity index (χ3v) is 7.40. The van der Waals surface area contributed by atoms with Gasteiger partial charge in [0.15, 0.2) is 0 Å². The fourth-order valence-electron chi connectivity index (χ4n) is 4.84. The number of alkyl halides is 3. The summed E-state index contributed by atoms with van der Waals surface area (Å²) in [5, 5.41) is 2.57. The van der Waals surface area contributed by atoms with E-state index in [1.165, 1.54) is 32.5 Å². The number of likely N-dealkylation sites (N-methyl/N-ethyl adjacent to an activating group) is 1. The number of hydrogen-bond donors (Lipinski definition) is 1. The molecule has 1 aliphatic heterocycles. The standard InChI is InChI=1S/C29H33F4N5O4/c1-17-14-38(15-18(2)37(17)4)25-12-23(30)20(19-6-7-26(34-13-19)42-9-8-41-5)10-24(25)35-28(40)21-16-36(3)27(39)11-22(21)29(31,32)33/h6-7,10-13,16-18H,8-9,14-15H2,1-5H3,(H,35,40). The van der Waals surface area contributed by atoms with Crippen LogP contribution in [0.15, 0.2) is 47.5 Å². The lowest BCUT2D eigenvalue weighted by Crippen LogP contribution is -2.55. The van der Waals surface area contributed by atoms with Crippen LogP contribution in [0.5, 0.6) is 5.88 Å². The maximum atomic E-state index is 15.7. The van der Waals surface area contributed by atoms with Gasteiger partial charge in [-0.3, -0.25) is 14.5 Å². The summed E-state index contributed by atoms with van der Waals surface area (Å²) in [6.07, 6.45) is -2.70. The van der Waals surface area contributed by atoms with Gasteiger partial charge < -0.3 is 24.3 Å². The smallest absolute Gasteiger partial charge is 0.417 e. The average molecular weight is 592 g/mol. The minimum Gasteiger partial charge on any atom is -0.475 e. The zero-order chi connectivity index (χ0) is 30.8. The number of nitrogens with one attached hydrogen (secondary N) is 1. The molecule has 1 aliphatic rings. The molecule has 0 spiro atoms. The molecule has 4 rings (SSSR count). The van der Waals surface area contributed by atoms with Crippen LogP contribution >= 0.6 is 0 Å². The van der Waals surface area contributed by atoms with Crippen molar-refractivity contribution in [1.82, 2.24) is 14.5 Å². The van der Waals surface area contributed by atoms with E-state index in [0.717, 1.165) is 10.8 Å². The Morgan fingerprint density at radius 2 is 1.79 bits per heavy atom. The predicted molar refractivity (Wildman–Crippen MR) is 151 cm³/mol. The Morgan fingerprint density at radius 3 is 2.38 bits per heavy atom. The molecule has 1 aromatic carbocycles. The Labute approximate surface area is 240 Å². The summed E-state index contributed by atoms with van der Waals surface area (Å²) in [5.74, 6) is -1.39. The van der Waals surface area contributed by atoms with Crippen molar-refractivity contribution in [2.75, 3.05) is 50.7 Å². The molecule has 2 atom stereocenters. The molecule has 2 unspecified atom stereocenters. The van der Waals surface area contributed by atoms with E-state index in [-0.39, 0.29) is 29.9 Å². The number of aromatic nitrogens is 2. The van der Waals surface area contributed by atoms with Crippen molar-refractivity contribution in [1.29, 1.82) is 0 Å². The molecule has 9 nitrogen and oxygen atoms in total. The van der Waals surface area contributed by atoms with Crippen LogP contribution in [0.25, 0.3) is 11.1 Å². The van der Waals surface area contributed by atoms with Crippen LogP contribution in [0, 0.1) is 5.82 Å². The monoisotopic (exact) mass is 591 g/mol. The summed E-state index contributed by atoms with van der Waals surface area (Å²) in [6.45, 7) is 5.63. The molecular weight excluding hydrogens is 558 g/mol. The van der Waals surface area contributed by atoms with Crippen molar-refractivity contribution in [3.8, 4) is 17.0 Å². The number of piperazine rings is 1. The summed E-state index contributed by atoms with van der Waals surface area (Å²) >= 11 is 0. The topological polar surface area (TPSA) is 88.9 Å². The van der Waals surface area contributed by atoms with Gasteiger partial charge in [-0.05, 0) is 39.1 Å². The maximum Gasteiger partial charge on any atom is 0.417 e. The summed E-state index contributed by atoms with van der Waals surface area (Å²) in [5.41, 5.74) is -2.12. The zero-order valence-corrected chi connectivity index (χ0v) is 24.0. The second-order valence-corrected chi connectivity index (χ2v) is 10.3. The van der Waals surface area contributed by atoms with Crippen LogP contribution in [0.2, 0.25) is 0 Å². The molecule has 3 heterocycles. The lowest BCUT2D eigenvalue weighted by Gasteiger charge is -2.44. The van der Waals surface area contributed by atoms with Crippen LogP contribution in [-0.2, 0) is 18.0 Å².